The monoisotopic (exact) mass is 398 g/mol. The first-order valence-electron chi connectivity index (χ1n) is 10.8. The van der Waals surface area contributed by atoms with Crippen LogP contribution in [0.15, 0.2) is 30.3 Å². The van der Waals surface area contributed by atoms with Gasteiger partial charge in [-0.25, -0.2) is 4.79 Å². The second-order valence-corrected chi connectivity index (χ2v) is 7.89. The highest BCUT2D eigenvalue weighted by Crippen LogP contribution is 2.20. The first-order chi connectivity index (χ1) is 14.1. The summed E-state index contributed by atoms with van der Waals surface area (Å²) in [5, 5.41) is 10.5. The van der Waals surface area contributed by atoms with Crippen LogP contribution < -0.4 is 10.6 Å². The van der Waals surface area contributed by atoms with Crippen molar-refractivity contribution in [2.45, 2.75) is 71.6 Å². The fourth-order valence-corrected chi connectivity index (χ4v) is 3.89. The van der Waals surface area contributed by atoms with E-state index >= 15 is 0 Å². The SMILES string of the molecule is Cc1nn(Cc2ccccc2)c(C)c1CNC(=O)NCCCOC1CCCCC1. The van der Waals surface area contributed by atoms with Crippen molar-refractivity contribution < 1.29 is 9.53 Å². The van der Waals surface area contributed by atoms with Crippen LogP contribution >= 0.6 is 0 Å². The molecule has 0 spiro atoms. The van der Waals surface area contributed by atoms with E-state index in [0.29, 0.717) is 19.2 Å². The molecule has 158 valence electrons. The third-order valence-electron chi connectivity index (χ3n) is 5.64. The van der Waals surface area contributed by atoms with Crippen molar-refractivity contribution in [2.24, 2.45) is 0 Å². The maximum Gasteiger partial charge on any atom is 0.315 e. The number of nitrogens with zero attached hydrogens (tertiary/aromatic N) is 2. The van der Waals surface area contributed by atoms with Crippen molar-refractivity contribution in [1.82, 2.24) is 20.4 Å². The zero-order valence-corrected chi connectivity index (χ0v) is 17.7. The first-order valence-corrected chi connectivity index (χ1v) is 10.8. The quantitative estimate of drug-likeness (QED) is 0.625. The second-order valence-electron chi connectivity index (χ2n) is 7.89. The predicted octanol–water partition coefficient (Wildman–Crippen LogP) is 4.09. The maximum atomic E-state index is 12.1. The van der Waals surface area contributed by atoms with Crippen LogP contribution in [0.25, 0.3) is 0 Å². The molecule has 6 nitrogen and oxygen atoms in total. The van der Waals surface area contributed by atoms with E-state index in [-0.39, 0.29) is 6.03 Å². The van der Waals surface area contributed by atoms with Crippen molar-refractivity contribution >= 4 is 6.03 Å². The number of hydrogen-bond acceptors (Lipinski definition) is 3. The molecule has 1 aromatic carbocycles. The van der Waals surface area contributed by atoms with Crippen LogP contribution in [0, 0.1) is 13.8 Å². The lowest BCUT2D eigenvalue weighted by atomic mass is 9.98. The van der Waals surface area contributed by atoms with E-state index in [9.17, 15) is 4.79 Å². The Morgan fingerprint density at radius 3 is 2.66 bits per heavy atom. The number of carbonyl (C=O) groups excluding carboxylic acids is 1. The smallest absolute Gasteiger partial charge is 0.315 e. The van der Waals surface area contributed by atoms with Gasteiger partial charge in [-0.2, -0.15) is 5.10 Å². The summed E-state index contributed by atoms with van der Waals surface area (Å²) in [4.78, 5) is 12.1. The Balaban J connectivity index is 1.37. The second kappa shape index (κ2) is 11.0. The van der Waals surface area contributed by atoms with Crippen LogP contribution in [0.1, 0.15) is 61.0 Å². The van der Waals surface area contributed by atoms with E-state index in [0.717, 1.165) is 36.5 Å². The van der Waals surface area contributed by atoms with Gasteiger partial charge in [0.2, 0.25) is 0 Å². The molecule has 2 aromatic rings. The lowest BCUT2D eigenvalue weighted by Crippen LogP contribution is -2.36. The highest BCUT2D eigenvalue weighted by atomic mass is 16.5. The van der Waals surface area contributed by atoms with Gasteiger partial charge in [0.15, 0.2) is 0 Å². The molecule has 0 aliphatic heterocycles. The molecule has 0 atom stereocenters. The highest BCUT2D eigenvalue weighted by molar-refractivity contribution is 5.73. The van der Waals surface area contributed by atoms with Gasteiger partial charge in [-0.15, -0.1) is 0 Å². The third kappa shape index (κ3) is 6.60. The number of aromatic nitrogens is 2. The van der Waals surface area contributed by atoms with Gasteiger partial charge < -0.3 is 15.4 Å². The summed E-state index contributed by atoms with van der Waals surface area (Å²) in [5.74, 6) is 0. The summed E-state index contributed by atoms with van der Waals surface area (Å²) < 4.78 is 7.90. The van der Waals surface area contributed by atoms with E-state index in [1.165, 1.54) is 37.7 Å². The number of hydrogen-bond donors (Lipinski definition) is 2. The van der Waals surface area contributed by atoms with Crippen LogP contribution in [-0.4, -0.2) is 35.1 Å². The number of carbonyl (C=O) groups is 1. The molecule has 1 aliphatic carbocycles. The average molecular weight is 399 g/mol. The molecule has 3 rings (SSSR count). The normalized spacial score (nSPS) is 14.7. The molecule has 1 heterocycles. The Labute approximate surface area is 174 Å². The van der Waals surface area contributed by atoms with E-state index in [4.69, 9.17) is 4.74 Å². The molecule has 0 radical (unpaired) electrons. The maximum absolute atomic E-state index is 12.1. The number of benzene rings is 1. The molecule has 2 N–H and O–H groups in total. The lowest BCUT2D eigenvalue weighted by Gasteiger charge is -2.21. The van der Waals surface area contributed by atoms with Crippen molar-refractivity contribution in [3.63, 3.8) is 0 Å². The number of nitrogens with one attached hydrogen (secondary N) is 2. The highest BCUT2D eigenvalue weighted by Gasteiger charge is 2.14. The van der Waals surface area contributed by atoms with E-state index in [2.05, 4.69) is 34.8 Å². The summed E-state index contributed by atoms with van der Waals surface area (Å²) in [7, 11) is 0. The van der Waals surface area contributed by atoms with Crippen LogP contribution in [0.5, 0.6) is 0 Å². The minimum Gasteiger partial charge on any atom is -0.378 e. The van der Waals surface area contributed by atoms with Gasteiger partial charge in [-0.05, 0) is 38.7 Å². The standard InChI is InChI=1S/C23H34N4O2/c1-18-22(19(2)27(26-18)17-20-10-5-3-6-11-20)16-25-23(28)24-14-9-15-29-21-12-7-4-8-13-21/h3,5-6,10-11,21H,4,7-9,12-17H2,1-2H3,(H2,24,25,28). The number of amides is 2. The summed E-state index contributed by atoms with van der Waals surface area (Å²) in [5.41, 5.74) is 4.34. The Hall–Kier alpha value is -2.34. The Morgan fingerprint density at radius 1 is 1.14 bits per heavy atom. The number of aryl methyl sites for hydroxylation is 1. The fourth-order valence-electron chi connectivity index (χ4n) is 3.89. The molecule has 1 fully saturated rings. The lowest BCUT2D eigenvalue weighted by molar-refractivity contribution is 0.0275. The number of rotatable bonds is 9. The van der Waals surface area contributed by atoms with Crippen molar-refractivity contribution in [2.75, 3.05) is 13.2 Å². The number of ether oxygens (including phenoxy) is 1. The fraction of sp³-hybridized carbons (Fsp3) is 0.565. The molecule has 1 saturated carbocycles. The molecule has 1 aliphatic rings. The number of urea groups is 1. The molecule has 0 saturated heterocycles. The minimum atomic E-state index is -0.141. The Bertz CT molecular complexity index is 767. The zero-order chi connectivity index (χ0) is 20.5. The molecule has 1 aromatic heterocycles. The van der Waals surface area contributed by atoms with Crippen LogP contribution in [0.2, 0.25) is 0 Å². The molecule has 29 heavy (non-hydrogen) atoms. The molecule has 6 heteroatoms. The first kappa shape index (κ1) is 21.4. The van der Waals surface area contributed by atoms with Crippen molar-refractivity contribution in [3.8, 4) is 0 Å². The minimum absolute atomic E-state index is 0.141. The zero-order valence-electron chi connectivity index (χ0n) is 17.7. The van der Waals surface area contributed by atoms with Gasteiger partial charge >= 0.3 is 6.03 Å². The van der Waals surface area contributed by atoms with Gasteiger partial charge in [-0.1, -0.05) is 49.6 Å². The van der Waals surface area contributed by atoms with Crippen LogP contribution in [-0.2, 0) is 17.8 Å². The Morgan fingerprint density at radius 2 is 1.90 bits per heavy atom. The average Bonchev–Trinajstić information content (AvgIpc) is 3.00. The van der Waals surface area contributed by atoms with E-state index < -0.39 is 0 Å². The van der Waals surface area contributed by atoms with E-state index in [1.807, 2.05) is 29.8 Å². The molecule has 0 bridgehead atoms. The van der Waals surface area contributed by atoms with Gasteiger partial charge in [-0.3, -0.25) is 4.68 Å². The van der Waals surface area contributed by atoms with Crippen molar-refractivity contribution in [1.29, 1.82) is 0 Å². The molecule has 2 amide bonds. The predicted molar refractivity (Wildman–Crippen MR) is 115 cm³/mol. The van der Waals surface area contributed by atoms with Gasteiger partial charge in [0.1, 0.15) is 0 Å². The van der Waals surface area contributed by atoms with Gasteiger partial charge in [0, 0.05) is 31.0 Å². The van der Waals surface area contributed by atoms with Gasteiger partial charge in [0.05, 0.1) is 18.3 Å². The summed E-state index contributed by atoms with van der Waals surface area (Å²) >= 11 is 0. The van der Waals surface area contributed by atoms with Crippen LogP contribution in [0.4, 0.5) is 4.79 Å². The largest absolute Gasteiger partial charge is 0.378 e. The van der Waals surface area contributed by atoms with Crippen LogP contribution in [0.3, 0.4) is 0 Å². The van der Waals surface area contributed by atoms with Crippen molar-refractivity contribution in [3.05, 3.63) is 52.8 Å². The summed E-state index contributed by atoms with van der Waals surface area (Å²) in [6, 6.07) is 10.1. The Kier molecular flexibility index (Phi) is 8.11. The summed E-state index contributed by atoms with van der Waals surface area (Å²) in [6.07, 6.45) is 7.55. The third-order valence-corrected chi connectivity index (χ3v) is 5.64. The molecular weight excluding hydrogens is 364 g/mol. The topological polar surface area (TPSA) is 68.2 Å². The summed E-state index contributed by atoms with van der Waals surface area (Å²) in [6.45, 7) is 6.61. The van der Waals surface area contributed by atoms with Gasteiger partial charge in [0.25, 0.3) is 0 Å². The molecule has 0 unspecified atom stereocenters. The molecular formula is C23H34N4O2. The van der Waals surface area contributed by atoms with E-state index in [1.54, 1.807) is 0 Å².